The minimum absolute atomic E-state index is 0.261. The number of amides is 1. The van der Waals surface area contributed by atoms with Crippen LogP contribution in [0.25, 0.3) is 0 Å². The quantitative estimate of drug-likeness (QED) is 0.757. The summed E-state index contributed by atoms with van der Waals surface area (Å²) in [5.74, 6) is 0.636. The monoisotopic (exact) mass is 374 g/mol. The summed E-state index contributed by atoms with van der Waals surface area (Å²) < 4.78 is 8.44. The van der Waals surface area contributed by atoms with Gasteiger partial charge in [0.05, 0.1) is 22.4 Å². The smallest absolute Gasteiger partial charge is 0.291 e. The van der Waals surface area contributed by atoms with Gasteiger partial charge in [-0.05, 0) is 54.0 Å². The number of furan rings is 1. The molecule has 6 nitrogen and oxygen atoms in total. The van der Waals surface area contributed by atoms with Crippen molar-refractivity contribution < 1.29 is 9.21 Å². The number of carbonyl (C=O) groups excluding carboxylic acids is 1. The second kappa shape index (κ2) is 6.37. The Bertz CT molecular complexity index is 839. The van der Waals surface area contributed by atoms with Crippen LogP contribution in [-0.4, -0.2) is 20.7 Å². The predicted molar refractivity (Wildman–Crippen MR) is 89.4 cm³/mol. The van der Waals surface area contributed by atoms with E-state index in [2.05, 4.69) is 31.3 Å². The highest BCUT2D eigenvalue weighted by atomic mass is 79.9. The maximum atomic E-state index is 12.1. The molecular weight excluding hydrogens is 360 g/mol. The van der Waals surface area contributed by atoms with E-state index in [1.807, 2.05) is 18.5 Å². The van der Waals surface area contributed by atoms with Gasteiger partial charge in [0.2, 0.25) is 0 Å². The Morgan fingerprint density at radius 3 is 2.65 bits per heavy atom. The average molecular weight is 375 g/mol. The number of aryl methyl sites for hydroxylation is 1. The van der Waals surface area contributed by atoms with E-state index in [1.54, 1.807) is 36.7 Å². The van der Waals surface area contributed by atoms with E-state index >= 15 is 0 Å². The van der Waals surface area contributed by atoms with E-state index in [9.17, 15) is 4.79 Å². The van der Waals surface area contributed by atoms with Crippen molar-refractivity contribution in [1.29, 1.82) is 0 Å². The molecule has 0 atom stereocenters. The highest BCUT2D eigenvalue weighted by molar-refractivity contribution is 9.10. The first-order chi connectivity index (χ1) is 11.0. The molecule has 0 aliphatic rings. The molecule has 0 bridgehead atoms. The van der Waals surface area contributed by atoms with E-state index < -0.39 is 0 Å². The number of nitrogens with one attached hydrogen (secondary N) is 1. The molecule has 0 radical (unpaired) electrons. The van der Waals surface area contributed by atoms with Crippen LogP contribution in [0.3, 0.4) is 0 Å². The Morgan fingerprint density at radius 1 is 1.26 bits per heavy atom. The zero-order valence-corrected chi connectivity index (χ0v) is 14.3. The Hall–Kier alpha value is -2.41. The zero-order chi connectivity index (χ0) is 16.4. The largest absolute Gasteiger partial charge is 0.454 e. The van der Waals surface area contributed by atoms with Gasteiger partial charge in [-0.2, -0.15) is 5.10 Å². The molecule has 3 heterocycles. The number of nitrogens with zero attached hydrogens (tertiary/aromatic N) is 3. The number of pyridine rings is 1. The predicted octanol–water partition coefficient (Wildman–Crippen LogP) is 3.55. The minimum atomic E-state index is -0.294. The van der Waals surface area contributed by atoms with Crippen molar-refractivity contribution in [3.8, 4) is 0 Å². The van der Waals surface area contributed by atoms with E-state index in [0.717, 1.165) is 15.9 Å². The zero-order valence-electron chi connectivity index (χ0n) is 12.7. The summed E-state index contributed by atoms with van der Waals surface area (Å²) in [6.07, 6.45) is 3.23. The van der Waals surface area contributed by atoms with Gasteiger partial charge in [0.25, 0.3) is 5.91 Å². The molecule has 1 N–H and O–H groups in total. The van der Waals surface area contributed by atoms with Crippen molar-refractivity contribution in [3.05, 3.63) is 64.0 Å². The van der Waals surface area contributed by atoms with E-state index in [1.165, 1.54) is 0 Å². The molecule has 0 fully saturated rings. The average Bonchev–Trinajstić information content (AvgIpc) is 3.10. The molecule has 0 aliphatic carbocycles. The second-order valence-corrected chi connectivity index (χ2v) is 5.89. The first-order valence-corrected chi connectivity index (χ1v) is 7.83. The van der Waals surface area contributed by atoms with Gasteiger partial charge in [-0.25, -0.2) is 0 Å². The number of halogens is 1. The highest BCUT2D eigenvalue weighted by Gasteiger charge is 2.14. The molecule has 3 aromatic heterocycles. The first-order valence-electron chi connectivity index (χ1n) is 7.04. The van der Waals surface area contributed by atoms with Gasteiger partial charge in [0.15, 0.2) is 5.76 Å². The van der Waals surface area contributed by atoms with Gasteiger partial charge in [0.1, 0.15) is 5.76 Å². The molecule has 0 unspecified atom stereocenters. The number of anilines is 1. The number of hydrogen-bond donors (Lipinski definition) is 1. The topological polar surface area (TPSA) is 73.0 Å². The van der Waals surface area contributed by atoms with E-state index in [4.69, 9.17) is 4.42 Å². The summed E-state index contributed by atoms with van der Waals surface area (Å²) in [6.45, 7) is 4.38. The summed E-state index contributed by atoms with van der Waals surface area (Å²) in [6, 6.07) is 6.88. The molecule has 1 amide bonds. The third-order valence-corrected chi connectivity index (χ3v) is 4.57. The van der Waals surface area contributed by atoms with Crippen molar-refractivity contribution in [2.75, 3.05) is 5.32 Å². The number of hydrogen-bond acceptors (Lipinski definition) is 4. The van der Waals surface area contributed by atoms with Gasteiger partial charge in [-0.1, -0.05) is 0 Å². The maximum Gasteiger partial charge on any atom is 0.291 e. The normalized spacial score (nSPS) is 10.7. The molecule has 7 heteroatoms. The van der Waals surface area contributed by atoms with Crippen LogP contribution in [0, 0.1) is 13.8 Å². The van der Waals surface area contributed by atoms with Gasteiger partial charge in [-0.15, -0.1) is 0 Å². The fourth-order valence-corrected chi connectivity index (χ4v) is 2.47. The molecule has 0 saturated carbocycles. The molecule has 23 heavy (non-hydrogen) atoms. The molecule has 0 spiro atoms. The molecule has 0 aromatic carbocycles. The fraction of sp³-hybridized carbons (Fsp3) is 0.188. The Labute approximate surface area is 141 Å². The summed E-state index contributed by atoms with van der Waals surface area (Å²) in [7, 11) is 0. The lowest BCUT2D eigenvalue weighted by molar-refractivity contribution is 0.0994. The van der Waals surface area contributed by atoms with E-state index in [-0.39, 0.29) is 11.7 Å². The van der Waals surface area contributed by atoms with Gasteiger partial charge >= 0.3 is 0 Å². The maximum absolute atomic E-state index is 12.1. The molecule has 3 aromatic rings. The summed E-state index contributed by atoms with van der Waals surface area (Å²) in [5, 5.41) is 7.19. The van der Waals surface area contributed by atoms with Gasteiger partial charge < -0.3 is 9.73 Å². The molecule has 0 aliphatic heterocycles. The van der Waals surface area contributed by atoms with Crippen LogP contribution < -0.4 is 5.32 Å². The first kappa shape index (κ1) is 15.5. The SMILES string of the molecule is Cc1nn(Cc2ccc(C(=O)Nc3ccncc3)o2)c(C)c1Br. The lowest BCUT2D eigenvalue weighted by Crippen LogP contribution is -2.10. The van der Waals surface area contributed by atoms with Crippen molar-refractivity contribution in [3.63, 3.8) is 0 Å². The lowest BCUT2D eigenvalue weighted by atomic mass is 10.3. The Kier molecular flexibility index (Phi) is 4.29. The molecular formula is C16H15BrN4O2. The van der Waals surface area contributed by atoms with Crippen molar-refractivity contribution in [1.82, 2.24) is 14.8 Å². The van der Waals surface area contributed by atoms with Crippen LogP contribution in [0.15, 0.2) is 45.5 Å². The number of aromatic nitrogens is 3. The second-order valence-electron chi connectivity index (χ2n) is 5.10. The standard InChI is InChI=1S/C16H15BrN4O2/c1-10-15(17)11(2)21(20-10)9-13-3-4-14(23-13)16(22)19-12-5-7-18-8-6-12/h3-8H,9H2,1-2H3,(H,18,19,22). The van der Waals surface area contributed by atoms with Crippen LogP contribution in [0.1, 0.15) is 27.7 Å². The summed E-state index contributed by atoms with van der Waals surface area (Å²) in [5.41, 5.74) is 2.61. The van der Waals surface area contributed by atoms with E-state index in [0.29, 0.717) is 18.0 Å². The third kappa shape index (κ3) is 3.34. The molecule has 118 valence electrons. The van der Waals surface area contributed by atoms with Crippen LogP contribution in [0.2, 0.25) is 0 Å². The molecule has 0 saturated heterocycles. The van der Waals surface area contributed by atoms with Crippen molar-refractivity contribution in [2.24, 2.45) is 0 Å². The number of rotatable bonds is 4. The Balaban J connectivity index is 1.72. The van der Waals surface area contributed by atoms with Crippen molar-refractivity contribution in [2.45, 2.75) is 20.4 Å². The van der Waals surface area contributed by atoms with Gasteiger partial charge in [-0.3, -0.25) is 14.5 Å². The van der Waals surface area contributed by atoms with Crippen LogP contribution >= 0.6 is 15.9 Å². The van der Waals surface area contributed by atoms with Crippen molar-refractivity contribution >= 4 is 27.5 Å². The summed E-state index contributed by atoms with van der Waals surface area (Å²) >= 11 is 3.50. The lowest BCUT2D eigenvalue weighted by Gasteiger charge is -2.03. The fourth-order valence-electron chi connectivity index (χ4n) is 2.19. The number of carbonyl (C=O) groups is 1. The van der Waals surface area contributed by atoms with Gasteiger partial charge in [0, 0.05) is 18.1 Å². The van der Waals surface area contributed by atoms with Crippen LogP contribution in [0.4, 0.5) is 5.69 Å². The van der Waals surface area contributed by atoms with Crippen LogP contribution in [0.5, 0.6) is 0 Å². The summed E-state index contributed by atoms with van der Waals surface area (Å²) in [4.78, 5) is 16.1. The Morgan fingerprint density at radius 2 is 2.00 bits per heavy atom. The third-order valence-electron chi connectivity index (χ3n) is 3.42. The minimum Gasteiger partial charge on any atom is -0.454 e. The molecule has 3 rings (SSSR count). The highest BCUT2D eigenvalue weighted by Crippen LogP contribution is 2.21. The van der Waals surface area contributed by atoms with Crippen LogP contribution in [-0.2, 0) is 6.54 Å².